The van der Waals surface area contributed by atoms with E-state index in [4.69, 9.17) is 5.11 Å². The normalized spacial score (nSPS) is 10.2. The van der Waals surface area contributed by atoms with Crippen LogP contribution in [0.25, 0.3) is 0 Å². The first-order valence-electron chi connectivity index (χ1n) is 4.63. The number of nitrogens with zero attached hydrogens (tertiary/aromatic N) is 1. The summed E-state index contributed by atoms with van der Waals surface area (Å²) in [5.41, 5.74) is 0.857. The van der Waals surface area contributed by atoms with E-state index in [2.05, 4.69) is 10.3 Å². The monoisotopic (exact) mass is 226 g/mol. The highest BCUT2D eigenvalue weighted by atomic mass is 32.2. The van der Waals surface area contributed by atoms with Crippen molar-refractivity contribution in [2.75, 3.05) is 18.6 Å². The minimum atomic E-state index is -0.985. The summed E-state index contributed by atoms with van der Waals surface area (Å²) >= 11 is 1.77. The van der Waals surface area contributed by atoms with Crippen molar-refractivity contribution in [3.8, 4) is 0 Å². The van der Waals surface area contributed by atoms with Crippen LogP contribution in [-0.2, 0) is 6.54 Å². The fourth-order valence-electron chi connectivity index (χ4n) is 1.09. The van der Waals surface area contributed by atoms with Crippen LogP contribution < -0.4 is 5.32 Å². The molecule has 1 aromatic rings. The number of carboxylic acid groups (broad SMARTS) is 1. The van der Waals surface area contributed by atoms with E-state index in [1.807, 2.05) is 12.3 Å². The van der Waals surface area contributed by atoms with Gasteiger partial charge in [-0.1, -0.05) is 6.07 Å². The lowest BCUT2D eigenvalue weighted by Crippen LogP contribution is -2.17. The van der Waals surface area contributed by atoms with Crippen molar-refractivity contribution in [2.45, 2.75) is 6.54 Å². The Balaban J connectivity index is 2.47. The highest BCUT2D eigenvalue weighted by molar-refractivity contribution is 7.98. The lowest BCUT2D eigenvalue weighted by molar-refractivity contribution is 0.0690. The predicted molar refractivity (Wildman–Crippen MR) is 61.3 cm³/mol. The Labute approximate surface area is 93.1 Å². The van der Waals surface area contributed by atoms with Gasteiger partial charge in [0.1, 0.15) is 5.69 Å². The Kier molecular flexibility index (Phi) is 5.14. The second kappa shape index (κ2) is 6.42. The quantitative estimate of drug-likeness (QED) is 0.714. The molecule has 0 atom stereocenters. The van der Waals surface area contributed by atoms with Gasteiger partial charge in [0, 0.05) is 18.8 Å². The molecule has 0 saturated carbocycles. The Bertz CT molecular complexity index is 331. The number of nitrogens with one attached hydrogen (secondary N) is 1. The van der Waals surface area contributed by atoms with Crippen LogP contribution in [0.4, 0.5) is 0 Å². The molecule has 5 heteroatoms. The fraction of sp³-hybridized carbons (Fsp3) is 0.400. The van der Waals surface area contributed by atoms with E-state index in [9.17, 15) is 4.79 Å². The highest BCUT2D eigenvalue weighted by Gasteiger charge is 2.04. The van der Waals surface area contributed by atoms with Crippen molar-refractivity contribution in [2.24, 2.45) is 0 Å². The van der Waals surface area contributed by atoms with Gasteiger partial charge >= 0.3 is 5.97 Å². The van der Waals surface area contributed by atoms with Gasteiger partial charge in [-0.3, -0.25) is 0 Å². The largest absolute Gasteiger partial charge is 0.477 e. The smallest absolute Gasteiger partial charge is 0.354 e. The van der Waals surface area contributed by atoms with Crippen molar-refractivity contribution in [1.29, 1.82) is 0 Å². The molecule has 0 amide bonds. The third kappa shape index (κ3) is 4.31. The van der Waals surface area contributed by atoms with Gasteiger partial charge < -0.3 is 10.4 Å². The van der Waals surface area contributed by atoms with Crippen molar-refractivity contribution in [3.63, 3.8) is 0 Å². The summed E-state index contributed by atoms with van der Waals surface area (Å²) in [5.74, 6) is 0.0551. The molecule has 1 heterocycles. The number of hydrogen-bond acceptors (Lipinski definition) is 4. The zero-order valence-corrected chi connectivity index (χ0v) is 9.38. The maximum atomic E-state index is 10.6. The van der Waals surface area contributed by atoms with Crippen molar-refractivity contribution >= 4 is 17.7 Å². The molecule has 1 rings (SSSR count). The zero-order chi connectivity index (χ0) is 11.1. The Morgan fingerprint density at radius 2 is 2.40 bits per heavy atom. The van der Waals surface area contributed by atoms with Gasteiger partial charge in [0.25, 0.3) is 0 Å². The molecule has 0 aliphatic carbocycles. The molecular formula is C10H14N2O2S. The van der Waals surface area contributed by atoms with Gasteiger partial charge in [0.05, 0.1) is 5.69 Å². The fourth-order valence-corrected chi connectivity index (χ4v) is 1.44. The summed E-state index contributed by atoms with van der Waals surface area (Å²) < 4.78 is 0. The Morgan fingerprint density at radius 1 is 1.60 bits per heavy atom. The van der Waals surface area contributed by atoms with Crippen molar-refractivity contribution in [3.05, 3.63) is 29.6 Å². The third-order valence-corrected chi connectivity index (χ3v) is 2.43. The van der Waals surface area contributed by atoms with Crippen molar-refractivity contribution in [1.82, 2.24) is 10.3 Å². The first-order chi connectivity index (χ1) is 7.24. The lowest BCUT2D eigenvalue weighted by Gasteiger charge is -2.03. The number of hydrogen-bond donors (Lipinski definition) is 2. The molecule has 0 aliphatic rings. The molecule has 0 fully saturated rings. The number of aromatic carboxylic acids is 1. The van der Waals surface area contributed by atoms with Crippen LogP contribution in [0.5, 0.6) is 0 Å². The van der Waals surface area contributed by atoms with Gasteiger partial charge in [-0.05, 0) is 18.4 Å². The molecule has 15 heavy (non-hydrogen) atoms. The first kappa shape index (κ1) is 12.0. The summed E-state index contributed by atoms with van der Waals surface area (Å²) in [5, 5.41) is 11.9. The molecule has 0 spiro atoms. The predicted octanol–water partition coefficient (Wildman–Crippen LogP) is 1.23. The van der Waals surface area contributed by atoms with Crippen LogP contribution in [0.15, 0.2) is 18.2 Å². The van der Waals surface area contributed by atoms with E-state index < -0.39 is 5.97 Å². The molecule has 2 N–H and O–H groups in total. The minimum Gasteiger partial charge on any atom is -0.477 e. The molecule has 82 valence electrons. The van der Waals surface area contributed by atoms with Crippen LogP contribution in [0, 0.1) is 0 Å². The molecule has 0 bridgehead atoms. The third-order valence-electron chi connectivity index (χ3n) is 1.81. The number of thioether (sulfide) groups is 1. The number of aromatic nitrogens is 1. The van der Waals surface area contributed by atoms with E-state index in [1.54, 1.807) is 17.8 Å². The number of carboxylic acids is 1. The summed E-state index contributed by atoms with van der Waals surface area (Å²) in [6.45, 7) is 1.52. The lowest BCUT2D eigenvalue weighted by atomic mass is 10.3. The topological polar surface area (TPSA) is 62.2 Å². The van der Waals surface area contributed by atoms with Gasteiger partial charge in [-0.15, -0.1) is 0 Å². The summed E-state index contributed by atoms with van der Waals surface area (Å²) in [7, 11) is 0. The average Bonchev–Trinajstić information content (AvgIpc) is 2.25. The number of pyridine rings is 1. The zero-order valence-electron chi connectivity index (χ0n) is 8.56. The van der Waals surface area contributed by atoms with Gasteiger partial charge in [-0.2, -0.15) is 11.8 Å². The number of carbonyl (C=O) groups is 1. The molecule has 0 unspecified atom stereocenters. The molecule has 1 aromatic heterocycles. The summed E-state index contributed by atoms with van der Waals surface area (Å²) in [6, 6.07) is 5.02. The van der Waals surface area contributed by atoms with E-state index in [-0.39, 0.29) is 5.69 Å². The number of rotatable bonds is 6. The van der Waals surface area contributed by atoms with Crippen molar-refractivity contribution < 1.29 is 9.90 Å². The van der Waals surface area contributed by atoms with Crippen LogP contribution >= 0.6 is 11.8 Å². The van der Waals surface area contributed by atoms with Gasteiger partial charge in [0.2, 0.25) is 0 Å². The maximum absolute atomic E-state index is 10.6. The van der Waals surface area contributed by atoms with Crippen LogP contribution in [0.3, 0.4) is 0 Å². The first-order valence-corrected chi connectivity index (χ1v) is 6.02. The van der Waals surface area contributed by atoms with Gasteiger partial charge in [0.15, 0.2) is 0 Å². The second-order valence-electron chi connectivity index (χ2n) is 2.99. The van der Waals surface area contributed by atoms with E-state index in [1.165, 1.54) is 6.07 Å². The SMILES string of the molecule is CSCCNCc1cccc(C(=O)O)n1. The standard InChI is InChI=1S/C10H14N2O2S/c1-15-6-5-11-7-8-3-2-4-9(12-8)10(13)14/h2-4,11H,5-7H2,1H3,(H,13,14). The van der Waals surface area contributed by atoms with E-state index in [0.717, 1.165) is 18.0 Å². The van der Waals surface area contributed by atoms with Crippen LogP contribution in [0.1, 0.15) is 16.2 Å². The molecule has 0 aromatic carbocycles. The maximum Gasteiger partial charge on any atom is 0.354 e. The van der Waals surface area contributed by atoms with Gasteiger partial charge in [-0.25, -0.2) is 9.78 Å². The average molecular weight is 226 g/mol. The minimum absolute atomic E-state index is 0.0965. The summed E-state index contributed by atoms with van der Waals surface area (Å²) in [6.07, 6.45) is 2.05. The van der Waals surface area contributed by atoms with Crippen LogP contribution in [0.2, 0.25) is 0 Å². The second-order valence-corrected chi connectivity index (χ2v) is 3.97. The molecule has 0 saturated heterocycles. The van der Waals surface area contributed by atoms with E-state index >= 15 is 0 Å². The van der Waals surface area contributed by atoms with E-state index in [0.29, 0.717) is 6.54 Å². The molecule has 4 nitrogen and oxygen atoms in total. The molecule has 0 aliphatic heterocycles. The highest BCUT2D eigenvalue weighted by Crippen LogP contribution is 1.99. The molecular weight excluding hydrogens is 212 g/mol. The Hall–Kier alpha value is -1.07. The molecule has 0 radical (unpaired) electrons. The Morgan fingerprint density at radius 3 is 3.07 bits per heavy atom. The van der Waals surface area contributed by atoms with Crippen LogP contribution in [-0.4, -0.2) is 34.6 Å². The summed E-state index contributed by atoms with van der Waals surface area (Å²) in [4.78, 5) is 14.6.